The molecule has 0 saturated heterocycles. The summed E-state index contributed by atoms with van der Waals surface area (Å²) in [6.07, 6.45) is 0. The SMILES string of the molecule is CC(=O)c1ccc(S(=O)(=O)NCc2cccc(Oc3ccc(F)cc3)c2)cc1. The van der Waals surface area contributed by atoms with Gasteiger partial charge in [-0.3, -0.25) is 4.79 Å². The van der Waals surface area contributed by atoms with E-state index in [0.717, 1.165) is 0 Å². The largest absolute Gasteiger partial charge is 0.457 e. The summed E-state index contributed by atoms with van der Waals surface area (Å²) in [7, 11) is -3.72. The van der Waals surface area contributed by atoms with Gasteiger partial charge >= 0.3 is 0 Å². The zero-order chi connectivity index (χ0) is 20.1. The molecule has 3 rings (SSSR count). The number of hydrogen-bond donors (Lipinski definition) is 1. The Hall–Kier alpha value is -3.03. The second-order valence-electron chi connectivity index (χ2n) is 6.11. The van der Waals surface area contributed by atoms with Gasteiger partial charge in [0, 0.05) is 12.1 Å². The Morgan fingerprint density at radius 1 is 0.964 bits per heavy atom. The van der Waals surface area contributed by atoms with Crippen molar-refractivity contribution in [2.24, 2.45) is 0 Å². The molecule has 144 valence electrons. The predicted molar refractivity (Wildman–Crippen MR) is 103 cm³/mol. The summed E-state index contributed by atoms with van der Waals surface area (Å²) in [4.78, 5) is 11.4. The van der Waals surface area contributed by atoms with E-state index in [0.29, 0.717) is 22.6 Å². The average Bonchev–Trinajstić information content (AvgIpc) is 2.69. The van der Waals surface area contributed by atoms with E-state index < -0.39 is 10.0 Å². The first-order chi connectivity index (χ1) is 13.3. The van der Waals surface area contributed by atoms with Crippen molar-refractivity contribution in [3.8, 4) is 11.5 Å². The van der Waals surface area contributed by atoms with Gasteiger partial charge in [-0.15, -0.1) is 0 Å². The van der Waals surface area contributed by atoms with Crippen molar-refractivity contribution >= 4 is 15.8 Å². The van der Waals surface area contributed by atoms with Gasteiger partial charge in [-0.2, -0.15) is 0 Å². The topological polar surface area (TPSA) is 72.5 Å². The van der Waals surface area contributed by atoms with Gasteiger partial charge in [0.25, 0.3) is 0 Å². The second kappa shape index (κ2) is 8.33. The number of nitrogens with one attached hydrogen (secondary N) is 1. The summed E-state index contributed by atoms with van der Waals surface area (Å²) >= 11 is 0. The number of ether oxygens (including phenoxy) is 1. The Morgan fingerprint density at radius 2 is 1.64 bits per heavy atom. The first kappa shape index (κ1) is 19.7. The van der Waals surface area contributed by atoms with E-state index in [-0.39, 0.29) is 23.0 Å². The van der Waals surface area contributed by atoms with E-state index in [2.05, 4.69) is 4.72 Å². The molecule has 0 spiro atoms. The highest BCUT2D eigenvalue weighted by atomic mass is 32.2. The lowest BCUT2D eigenvalue weighted by Gasteiger charge is -2.10. The average molecular weight is 399 g/mol. The first-order valence-corrected chi connectivity index (χ1v) is 9.95. The fourth-order valence-corrected chi connectivity index (χ4v) is 3.51. The van der Waals surface area contributed by atoms with Crippen LogP contribution in [0.3, 0.4) is 0 Å². The molecule has 0 aliphatic heterocycles. The number of halogens is 1. The van der Waals surface area contributed by atoms with Crippen LogP contribution in [0, 0.1) is 5.82 Å². The minimum Gasteiger partial charge on any atom is -0.457 e. The molecule has 0 radical (unpaired) electrons. The molecule has 0 aromatic heterocycles. The van der Waals surface area contributed by atoms with Gasteiger partial charge in [-0.05, 0) is 61.0 Å². The maximum absolute atomic E-state index is 13.0. The lowest BCUT2D eigenvalue weighted by Crippen LogP contribution is -2.23. The van der Waals surface area contributed by atoms with Gasteiger partial charge in [0.05, 0.1) is 4.90 Å². The highest BCUT2D eigenvalue weighted by molar-refractivity contribution is 7.89. The molecule has 0 saturated carbocycles. The third kappa shape index (κ3) is 5.03. The number of sulfonamides is 1. The number of carbonyl (C=O) groups is 1. The van der Waals surface area contributed by atoms with Crippen LogP contribution in [0.1, 0.15) is 22.8 Å². The fourth-order valence-electron chi connectivity index (χ4n) is 2.49. The van der Waals surface area contributed by atoms with Crippen LogP contribution in [0.25, 0.3) is 0 Å². The highest BCUT2D eigenvalue weighted by Crippen LogP contribution is 2.22. The molecule has 1 N–H and O–H groups in total. The third-order valence-electron chi connectivity index (χ3n) is 3.99. The van der Waals surface area contributed by atoms with Crippen LogP contribution in [0.2, 0.25) is 0 Å². The standard InChI is InChI=1S/C21H18FNO4S/c1-15(24)17-5-11-21(12-6-17)28(25,26)23-14-16-3-2-4-20(13-16)27-19-9-7-18(22)8-10-19/h2-13,23H,14H2,1H3. The van der Waals surface area contributed by atoms with E-state index in [1.165, 1.54) is 55.5 Å². The molecule has 0 unspecified atom stereocenters. The van der Waals surface area contributed by atoms with Crippen molar-refractivity contribution in [1.29, 1.82) is 0 Å². The quantitative estimate of drug-likeness (QED) is 0.601. The van der Waals surface area contributed by atoms with Crippen LogP contribution in [0.5, 0.6) is 11.5 Å². The van der Waals surface area contributed by atoms with E-state index in [1.54, 1.807) is 24.3 Å². The molecule has 0 atom stereocenters. The molecule has 0 fully saturated rings. The van der Waals surface area contributed by atoms with Crippen molar-refractivity contribution in [3.63, 3.8) is 0 Å². The van der Waals surface area contributed by atoms with Crippen molar-refractivity contribution in [1.82, 2.24) is 4.72 Å². The fraction of sp³-hybridized carbons (Fsp3) is 0.0952. The van der Waals surface area contributed by atoms with Gasteiger partial charge in [-0.1, -0.05) is 24.3 Å². The normalized spacial score (nSPS) is 11.2. The summed E-state index contributed by atoms with van der Waals surface area (Å²) in [5.41, 5.74) is 1.15. The Bertz CT molecular complexity index is 1080. The minimum atomic E-state index is -3.72. The van der Waals surface area contributed by atoms with Gasteiger partial charge < -0.3 is 4.74 Å². The van der Waals surface area contributed by atoms with Crippen LogP contribution in [0.15, 0.2) is 77.7 Å². The third-order valence-corrected chi connectivity index (χ3v) is 5.40. The Labute approximate surface area is 162 Å². The van der Waals surface area contributed by atoms with Gasteiger partial charge in [-0.25, -0.2) is 17.5 Å². The van der Waals surface area contributed by atoms with Crippen molar-refractivity contribution in [3.05, 3.63) is 89.7 Å². The van der Waals surface area contributed by atoms with Crippen LogP contribution in [-0.4, -0.2) is 14.2 Å². The number of rotatable bonds is 7. The van der Waals surface area contributed by atoms with Crippen molar-refractivity contribution in [2.45, 2.75) is 18.4 Å². The predicted octanol–water partition coefficient (Wildman–Crippen LogP) is 4.30. The van der Waals surface area contributed by atoms with Crippen LogP contribution in [-0.2, 0) is 16.6 Å². The summed E-state index contributed by atoms with van der Waals surface area (Å²) in [5.74, 6) is 0.500. The zero-order valence-electron chi connectivity index (χ0n) is 15.1. The molecule has 0 aliphatic carbocycles. The summed E-state index contributed by atoms with van der Waals surface area (Å²) in [6.45, 7) is 1.49. The summed E-state index contributed by atoms with van der Waals surface area (Å²) in [6, 6.07) is 18.3. The van der Waals surface area contributed by atoms with Gasteiger partial charge in [0.1, 0.15) is 17.3 Å². The Kier molecular flexibility index (Phi) is 5.87. The molecule has 28 heavy (non-hydrogen) atoms. The lowest BCUT2D eigenvalue weighted by atomic mass is 10.2. The highest BCUT2D eigenvalue weighted by Gasteiger charge is 2.14. The minimum absolute atomic E-state index is 0.0669. The summed E-state index contributed by atoms with van der Waals surface area (Å²) in [5, 5.41) is 0. The molecular formula is C21H18FNO4S. The number of ketones is 1. The Morgan fingerprint density at radius 3 is 2.29 bits per heavy atom. The number of benzene rings is 3. The van der Waals surface area contributed by atoms with Crippen LogP contribution in [0.4, 0.5) is 4.39 Å². The van der Waals surface area contributed by atoms with Gasteiger partial charge in [0.2, 0.25) is 10.0 Å². The maximum atomic E-state index is 13.0. The summed E-state index contributed by atoms with van der Waals surface area (Å²) < 4.78 is 46.0. The van der Waals surface area contributed by atoms with E-state index >= 15 is 0 Å². The molecule has 0 heterocycles. The monoisotopic (exact) mass is 399 g/mol. The number of Topliss-reactive ketones (excluding diaryl/α,β-unsaturated/α-hetero) is 1. The Balaban J connectivity index is 1.68. The molecule has 0 aliphatic rings. The van der Waals surface area contributed by atoms with E-state index in [4.69, 9.17) is 4.74 Å². The molecule has 0 bridgehead atoms. The maximum Gasteiger partial charge on any atom is 0.240 e. The molecular weight excluding hydrogens is 381 g/mol. The molecule has 5 nitrogen and oxygen atoms in total. The second-order valence-corrected chi connectivity index (χ2v) is 7.88. The van der Waals surface area contributed by atoms with Crippen LogP contribution < -0.4 is 9.46 Å². The van der Waals surface area contributed by atoms with E-state index in [1.807, 2.05) is 0 Å². The van der Waals surface area contributed by atoms with Crippen molar-refractivity contribution in [2.75, 3.05) is 0 Å². The number of carbonyl (C=O) groups excluding carboxylic acids is 1. The van der Waals surface area contributed by atoms with E-state index in [9.17, 15) is 17.6 Å². The zero-order valence-corrected chi connectivity index (χ0v) is 15.9. The van der Waals surface area contributed by atoms with Gasteiger partial charge in [0.15, 0.2) is 5.78 Å². The molecule has 7 heteroatoms. The smallest absolute Gasteiger partial charge is 0.240 e. The molecule has 3 aromatic carbocycles. The van der Waals surface area contributed by atoms with Crippen molar-refractivity contribution < 1.29 is 22.3 Å². The van der Waals surface area contributed by atoms with Crippen LogP contribution >= 0.6 is 0 Å². The lowest BCUT2D eigenvalue weighted by molar-refractivity contribution is 0.101. The number of hydrogen-bond acceptors (Lipinski definition) is 4. The molecule has 0 amide bonds. The first-order valence-electron chi connectivity index (χ1n) is 8.46. The molecule has 3 aromatic rings.